The molecule has 0 aliphatic carbocycles. The second-order valence-electron chi connectivity index (χ2n) is 8.15. The van der Waals surface area contributed by atoms with Crippen molar-refractivity contribution >= 4 is 17.5 Å². The van der Waals surface area contributed by atoms with Gasteiger partial charge in [-0.3, -0.25) is 5.43 Å². The van der Waals surface area contributed by atoms with Gasteiger partial charge in [0, 0.05) is 16.7 Å². The van der Waals surface area contributed by atoms with Gasteiger partial charge in [-0.25, -0.2) is 9.97 Å². The summed E-state index contributed by atoms with van der Waals surface area (Å²) in [6.07, 6.45) is 0. The number of amidine groups is 1. The third-order valence-electron chi connectivity index (χ3n) is 5.46. The summed E-state index contributed by atoms with van der Waals surface area (Å²) in [5, 5.41) is 13.4. The Hall–Kier alpha value is -4.97. The largest absolute Gasteiger partial charge is 0.276 e. The van der Waals surface area contributed by atoms with E-state index in [2.05, 4.69) is 30.7 Å². The molecule has 0 spiro atoms. The van der Waals surface area contributed by atoms with E-state index in [0.29, 0.717) is 5.84 Å². The first-order chi connectivity index (χ1) is 17.7. The molecule has 0 aliphatic rings. The van der Waals surface area contributed by atoms with Gasteiger partial charge in [0.15, 0.2) is 0 Å². The van der Waals surface area contributed by atoms with E-state index in [1.165, 1.54) is 5.56 Å². The van der Waals surface area contributed by atoms with Crippen LogP contribution in [-0.2, 0) is 0 Å². The van der Waals surface area contributed by atoms with Crippen LogP contribution in [0.2, 0.25) is 0 Å². The molecule has 1 aromatic heterocycles. The van der Waals surface area contributed by atoms with Gasteiger partial charge in [-0.2, -0.15) is 5.10 Å². The van der Waals surface area contributed by atoms with Crippen LogP contribution in [0.15, 0.2) is 137 Å². The minimum absolute atomic E-state index is 0.258. The van der Waals surface area contributed by atoms with E-state index in [9.17, 15) is 0 Å². The lowest BCUT2D eigenvalue weighted by Gasteiger charge is -2.07. The maximum atomic E-state index is 4.68. The number of nitrogens with one attached hydrogen (secondary N) is 1. The van der Waals surface area contributed by atoms with Crippen molar-refractivity contribution in [3.63, 3.8) is 0 Å². The monoisotopic (exact) mass is 468 g/mol. The maximum Gasteiger partial charge on any atom is 0.270 e. The molecular weight excluding hydrogens is 444 g/mol. The first-order valence-corrected chi connectivity index (χ1v) is 11.6. The molecule has 174 valence electrons. The molecule has 1 heterocycles. The van der Waals surface area contributed by atoms with Gasteiger partial charge < -0.3 is 0 Å². The van der Waals surface area contributed by atoms with E-state index >= 15 is 0 Å². The van der Waals surface area contributed by atoms with E-state index in [4.69, 9.17) is 0 Å². The number of anilines is 1. The van der Waals surface area contributed by atoms with Crippen LogP contribution < -0.4 is 5.43 Å². The molecule has 0 saturated carbocycles. The molecule has 5 rings (SSSR count). The molecule has 6 nitrogen and oxygen atoms in total. The SMILES string of the molecule is Cc1ccc(N/N=C(/N=Nc2nc(-c3ccccc3)cc(-c3ccccc3)n2)c2ccccc2)cc1. The Balaban J connectivity index is 1.53. The third kappa shape index (κ3) is 5.74. The summed E-state index contributed by atoms with van der Waals surface area (Å²) < 4.78 is 0. The van der Waals surface area contributed by atoms with Crippen LogP contribution >= 0.6 is 0 Å². The van der Waals surface area contributed by atoms with Gasteiger partial charge in [-0.1, -0.05) is 109 Å². The fourth-order valence-electron chi connectivity index (χ4n) is 3.56. The molecule has 0 amide bonds. The number of aromatic nitrogens is 2. The predicted molar refractivity (Wildman–Crippen MR) is 145 cm³/mol. The molecule has 4 aromatic carbocycles. The number of hydrogen-bond acceptors (Lipinski definition) is 5. The van der Waals surface area contributed by atoms with E-state index < -0.39 is 0 Å². The highest BCUT2D eigenvalue weighted by molar-refractivity contribution is 5.99. The van der Waals surface area contributed by atoms with Gasteiger partial charge in [-0.15, -0.1) is 10.2 Å². The molecule has 0 atom stereocenters. The van der Waals surface area contributed by atoms with Crippen molar-refractivity contribution < 1.29 is 0 Å². The summed E-state index contributed by atoms with van der Waals surface area (Å²) in [4.78, 5) is 9.35. The Kier molecular flexibility index (Phi) is 6.95. The van der Waals surface area contributed by atoms with Crippen LogP contribution in [0.5, 0.6) is 0 Å². The number of azo groups is 1. The van der Waals surface area contributed by atoms with Crippen LogP contribution in [-0.4, -0.2) is 15.8 Å². The second kappa shape index (κ2) is 11.0. The topological polar surface area (TPSA) is 74.9 Å². The van der Waals surface area contributed by atoms with E-state index in [0.717, 1.165) is 33.8 Å². The Morgan fingerprint density at radius 2 is 1.17 bits per heavy atom. The third-order valence-corrected chi connectivity index (χ3v) is 5.46. The minimum atomic E-state index is 0.258. The second-order valence-corrected chi connectivity index (χ2v) is 8.15. The van der Waals surface area contributed by atoms with E-state index in [1.54, 1.807) is 0 Å². The minimum Gasteiger partial charge on any atom is -0.276 e. The lowest BCUT2D eigenvalue weighted by molar-refractivity contribution is 1.08. The van der Waals surface area contributed by atoms with Gasteiger partial charge in [0.1, 0.15) is 0 Å². The van der Waals surface area contributed by atoms with Crippen LogP contribution in [0.3, 0.4) is 0 Å². The summed E-state index contributed by atoms with van der Waals surface area (Å²) >= 11 is 0. The van der Waals surface area contributed by atoms with Crippen molar-refractivity contribution in [2.75, 3.05) is 5.43 Å². The zero-order chi connectivity index (χ0) is 24.6. The average molecular weight is 469 g/mol. The molecule has 0 unspecified atom stereocenters. The maximum absolute atomic E-state index is 4.68. The molecular formula is C30H24N6. The number of rotatable bonds is 6. The first kappa shape index (κ1) is 22.8. The molecule has 36 heavy (non-hydrogen) atoms. The summed E-state index contributed by atoms with van der Waals surface area (Å²) in [6, 6.07) is 39.6. The predicted octanol–water partition coefficient (Wildman–Crippen LogP) is 7.68. The molecule has 0 bridgehead atoms. The van der Waals surface area contributed by atoms with Gasteiger partial charge in [0.25, 0.3) is 5.95 Å². The van der Waals surface area contributed by atoms with Gasteiger partial charge >= 0.3 is 0 Å². The lowest BCUT2D eigenvalue weighted by Crippen LogP contribution is -2.01. The summed E-state index contributed by atoms with van der Waals surface area (Å²) in [6.45, 7) is 2.05. The Morgan fingerprint density at radius 1 is 0.639 bits per heavy atom. The number of hydrogen-bond donors (Lipinski definition) is 1. The Labute approximate surface area is 210 Å². The van der Waals surface area contributed by atoms with Gasteiger partial charge in [-0.05, 0) is 25.1 Å². The number of nitrogens with zero attached hydrogens (tertiary/aromatic N) is 5. The standard InChI is InChI=1S/C30H24N6/c1-22-17-19-26(20-18-22)33-34-29(25-15-9-4-10-16-25)35-36-30-31-27(23-11-5-2-6-12-23)21-28(32-30)24-13-7-3-8-14-24/h2-21,33H,1H3/b34-29+,36-35?. The Morgan fingerprint density at radius 3 is 1.72 bits per heavy atom. The van der Waals surface area contributed by atoms with Crippen LogP contribution in [0.4, 0.5) is 11.6 Å². The van der Waals surface area contributed by atoms with Crippen LogP contribution in [0.1, 0.15) is 11.1 Å². The molecule has 1 N–H and O–H groups in total. The Bertz CT molecular complexity index is 1420. The zero-order valence-electron chi connectivity index (χ0n) is 19.8. The summed E-state index contributed by atoms with van der Waals surface area (Å²) in [7, 11) is 0. The van der Waals surface area contributed by atoms with Crippen molar-refractivity contribution in [3.05, 3.63) is 132 Å². The van der Waals surface area contributed by atoms with Gasteiger partial charge in [0.05, 0.1) is 17.1 Å². The average Bonchev–Trinajstić information content (AvgIpc) is 2.95. The fraction of sp³-hybridized carbons (Fsp3) is 0.0333. The quantitative estimate of drug-likeness (QED) is 0.120. The molecule has 6 heteroatoms. The molecule has 0 aliphatic heterocycles. The number of aryl methyl sites for hydroxylation is 1. The summed E-state index contributed by atoms with van der Waals surface area (Å²) in [5.41, 5.74) is 9.44. The molecule has 0 radical (unpaired) electrons. The molecule has 0 fully saturated rings. The van der Waals surface area contributed by atoms with Crippen molar-refractivity contribution in [3.8, 4) is 22.5 Å². The lowest BCUT2D eigenvalue weighted by atomic mass is 10.1. The molecule has 5 aromatic rings. The van der Waals surface area contributed by atoms with Crippen LogP contribution in [0.25, 0.3) is 22.5 Å². The van der Waals surface area contributed by atoms with Crippen LogP contribution in [0, 0.1) is 6.92 Å². The fourth-order valence-corrected chi connectivity index (χ4v) is 3.56. The number of hydrazone groups is 1. The first-order valence-electron chi connectivity index (χ1n) is 11.6. The smallest absolute Gasteiger partial charge is 0.270 e. The van der Waals surface area contributed by atoms with Crippen molar-refractivity contribution in [2.24, 2.45) is 15.3 Å². The highest BCUT2D eigenvalue weighted by Gasteiger charge is 2.09. The zero-order valence-corrected chi connectivity index (χ0v) is 19.8. The summed E-state index contributed by atoms with van der Waals surface area (Å²) in [5.74, 6) is 0.681. The molecule has 0 saturated heterocycles. The van der Waals surface area contributed by atoms with E-state index in [1.807, 2.05) is 128 Å². The normalized spacial score (nSPS) is 11.5. The van der Waals surface area contributed by atoms with Crippen molar-refractivity contribution in [2.45, 2.75) is 6.92 Å². The highest BCUT2D eigenvalue weighted by atomic mass is 15.3. The highest BCUT2D eigenvalue weighted by Crippen LogP contribution is 2.26. The van der Waals surface area contributed by atoms with Crippen molar-refractivity contribution in [1.82, 2.24) is 9.97 Å². The van der Waals surface area contributed by atoms with Gasteiger partial charge in [0.2, 0.25) is 5.84 Å². The number of benzene rings is 4. The van der Waals surface area contributed by atoms with E-state index in [-0.39, 0.29) is 5.95 Å². The van der Waals surface area contributed by atoms with Crippen molar-refractivity contribution in [1.29, 1.82) is 0 Å².